The van der Waals surface area contributed by atoms with Gasteiger partial charge in [0.25, 0.3) is 0 Å². The summed E-state index contributed by atoms with van der Waals surface area (Å²) < 4.78 is 0. The van der Waals surface area contributed by atoms with E-state index in [-0.39, 0.29) is 10.7 Å². The summed E-state index contributed by atoms with van der Waals surface area (Å²) in [5.41, 5.74) is 0.366. The summed E-state index contributed by atoms with van der Waals surface area (Å²) in [6.07, 6.45) is 0. The summed E-state index contributed by atoms with van der Waals surface area (Å²) in [5.74, 6) is 5.01. The van der Waals surface area contributed by atoms with Gasteiger partial charge in [-0.05, 0) is 6.07 Å². The Labute approximate surface area is 98.2 Å². The maximum Gasteiger partial charge on any atom is 0.319 e. The highest BCUT2D eigenvalue weighted by atomic mass is 35.5. The average Bonchev–Trinajstić information content (AvgIpc) is 2.14. The molecule has 0 amide bonds. The normalized spacial score (nSPS) is 9.94. The van der Waals surface area contributed by atoms with Gasteiger partial charge in [-0.15, -0.1) is 0 Å². The summed E-state index contributed by atoms with van der Waals surface area (Å²) in [6, 6.07) is 0.962. The molecular formula is C6H4Cl2N4O4. The number of nitrogens with one attached hydrogen (secondary N) is 1. The molecule has 0 aliphatic heterocycles. The number of nitrogens with two attached hydrogens (primary N) is 1. The SMILES string of the molecule is NNc1cc(Cl)c([N+](=O)[O-])c(Cl)c1[N+](=O)[O-]. The zero-order chi connectivity index (χ0) is 12.5. The van der Waals surface area contributed by atoms with Crippen molar-refractivity contribution in [3.63, 3.8) is 0 Å². The number of rotatable bonds is 3. The second kappa shape index (κ2) is 4.47. The van der Waals surface area contributed by atoms with Gasteiger partial charge < -0.3 is 5.43 Å². The maximum absolute atomic E-state index is 10.6. The van der Waals surface area contributed by atoms with Crippen LogP contribution in [0.2, 0.25) is 10.0 Å². The van der Waals surface area contributed by atoms with E-state index in [0.29, 0.717) is 0 Å². The van der Waals surface area contributed by atoms with Crippen LogP contribution in [0.25, 0.3) is 0 Å². The molecule has 0 unspecified atom stereocenters. The first-order valence-electron chi connectivity index (χ1n) is 3.67. The third-order valence-electron chi connectivity index (χ3n) is 1.69. The van der Waals surface area contributed by atoms with E-state index >= 15 is 0 Å². The highest BCUT2D eigenvalue weighted by Gasteiger charge is 2.31. The number of nitrogen functional groups attached to an aromatic ring is 1. The van der Waals surface area contributed by atoms with Crippen LogP contribution in [-0.4, -0.2) is 9.85 Å². The zero-order valence-corrected chi connectivity index (χ0v) is 8.95. The van der Waals surface area contributed by atoms with E-state index in [9.17, 15) is 20.2 Å². The van der Waals surface area contributed by atoms with Crippen LogP contribution in [0.15, 0.2) is 6.07 Å². The summed E-state index contributed by atoms with van der Waals surface area (Å²) >= 11 is 11.1. The minimum Gasteiger partial charge on any atom is -0.318 e. The first-order chi connectivity index (χ1) is 7.40. The topological polar surface area (TPSA) is 124 Å². The number of hydrogen-bond donors (Lipinski definition) is 2. The first-order valence-corrected chi connectivity index (χ1v) is 4.43. The van der Waals surface area contributed by atoms with Crippen molar-refractivity contribution in [3.8, 4) is 0 Å². The van der Waals surface area contributed by atoms with Gasteiger partial charge in [0.1, 0.15) is 10.7 Å². The van der Waals surface area contributed by atoms with Gasteiger partial charge >= 0.3 is 11.4 Å². The molecule has 16 heavy (non-hydrogen) atoms. The number of halogens is 2. The van der Waals surface area contributed by atoms with Crippen molar-refractivity contribution in [2.45, 2.75) is 0 Å². The molecule has 1 aromatic carbocycles. The Bertz CT molecular complexity index is 478. The van der Waals surface area contributed by atoms with Gasteiger partial charge in [0.15, 0.2) is 5.02 Å². The Balaban J connectivity index is 3.65. The minimum absolute atomic E-state index is 0.203. The molecule has 8 nitrogen and oxygen atoms in total. The van der Waals surface area contributed by atoms with Crippen LogP contribution < -0.4 is 11.3 Å². The van der Waals surface area contributed by atoms with E-state index in [1.54, 1.807) is 0 Å². The zero-order valence-electron chi connectivity index (χ0n) is 7.44. The maximum atomic E-state index is 10.6. The molecule has 0 atom stereocenters. The van der Waals surface area contributed by atoms with Crippen molar-refractivity contribution in [1.29, 1.82) is 0 Å². The van der Waals surface area contributed by atoms with E-state index in [2.05, 4.69) is 0 Å². The van der Waals surface area contributed by atoms with Crippen molar-refractivity contribution >= 4 is 40.3 Å². The van der Waals surface area contributed by atoms with Gasteiger partial charge in [0.2, 0.25) is 0 Å². The predicted octanol–water partition coefficient (Wildman–Crippen LogP) is 2.10. The largest absolute Gasteiger partial charge is 0.319 e. The van der Waals surface area contributed by atoms with E-state index in [0.717, 1.165) is 6.07 Å². The molecular weight excluding hydrogens is 263 g/mol. The average molecular weight is 267 g/mol. The molecule has 0 saturated carbocycles. The Morgan fingerprint density at radius 3 is 2.06 bits per heavy atom. The second-order valence-corrected chi connectivity index (χ2v) is 3.36. The van der Waals surface area contributed by atoms with Crippen molar-refractivity contribution < 1.29 is 9.85 Å². The van der Waals surface area contributed by atoms with Gasteiger partial charge in [0.05, 0.1) is 9.85 Å². The molecule has 0 saturated heterocycles. The summed E-state index contributed by atoms with van der Waals surface area (Å²) in [4.78, 5) is 19.4. The van der Waals surface area contributed by atoms with Crippen LogP contribution in [0.3, 0.4) is 0 Å². The monoisotopic (exact) mass is 266 g/mol. The number of hydrogen-bond acceptors (Lipinski definition) is 6. The molecule has 0 aromatic heterocycles. The van der Waals surface area contributed by atoms with E-state index in [1.807, 2.05) is 5.43 Å². The molecule has 3 N–H and O–H groups in total. The van der Waals surface area contributed by atoms with Gasteiger partial charge in [-0.25, -0.2) is 0 Å². The van der Waals surface area contributed by atoms with Crippen molar-refractivity contribution in [3.05, 3.63) is 36.3 Å². The smallest absolute Gasteiger partial charge is 0.318 e. The van der Waals surface area contributed by atoms with Crippen LogP contribution in [-0.2, 0) is 0 Å². The molecule has 86 valence electrons. The quantitative estimate of drug-likeness (QED) is 0.490. The fourth-order valence-electron chi connectivity index (χ4n) is 1.05. The number of nitro benzene ring substituents is 2. The Morgan fingerprint density at radius 1 is 1.19 bits per heavy atom. The fraction of sp³-hybridized carbons (Fsp3) is 0. The fourth-order valence-corrected chi connectivity index (χ4v) is 1.72. The van der Waals surface area contributed by atoms with E-state index in [1.165, 1.54) is 0 Å². The summed E-state index contributed by atoms with van der Waals surface area (Å²) in [6.45, 7) is 0. The molecule has 0 spiro atoms. The van der Waals surface area contributed by atoms with E-state index < -0.39 is 26.2 Å². The van der Waals surface area contributed by atoms with Crippen LogP contribution >= 0.6 is 23.2 Å². The van der Waals surface area contributed by atoms with Crippen LogP contribution in [0, 0.1) is 20.2 Å². The highest BCUT2D eigenvalue weighted by molar-refractivity contribution is 6.40. The van der Waals surface area contributed by atoms with Gasteiger partial charge in [-0.1, -0.05) is 23.2 Å². The molecule has 0 radical (unpaired) electrons. The third kappa shape index (κ3) is 1.98. The standard InChI is InChI=1S/C6H4Cl2N4O4/c7-2-1-3(10-9)6(12(15)16)4(8)5(2)11(13)14/h1,10H,9H2. The lowest BCUT2D eigenvalue weighted by atomic mass is 10.2. The Morgan fingerprint density at radius 2 is 1.69 bits per heavy atom. The van der Waals surface area contributed by atoms with Crippen LogP contribution in [0.5, 0.6) is 0 Å². The Hall–Kier alpha value is -1.64. The predicted molar refractivity (Wildman–Crippen MR) is 57.6 cm³/mol. The van der Waals surface area contributed by atoms with E-state index in [4.69, 9.17) is 29.0 Å². The lowest BCUT2D eigenvalue weighted by Crippen LogP contribution is -2.10. The van der Waals surface area contributed by atoms with Crippen LogP contribution in [0.1, 0.15) is 0 Å². The molecule has 0 bridgehead atoms. The van der Waals surface area contributed by atoms with Gasteiger partial charge in [-0.3, -0.25) is 26.1 Å². The third-order valence-corrected chi connectivity index (χ3v) is 2.33. The van der Waals surface area contributed by atoms with Gasteiger partial charge in [-0.2, -0.15) is 0 Å². The molecule has 1 rings (SSSR count). The number of benzene rings is 1. The highest BCUT2D eigenvalue weighted by Crippen LogP contribution is 2.43. The number of nitrogens with zero attached hydrogens (tertiary/aromatic N) is 2. The molecule has 0 aliphatic rings. The van der Waals surface area contributed by atoms with Gasteiger partial charge in [0, 0.05) is 0 Å². The molecule has 10 heteroatoms. The first kappa shape index (κ1) is 12.4. The van der Waals surface area contributed by atoms with Crippen molar-refractivity contribution in [1.82, 2.24) is 0 Å². The second-order valence-electron chi connectivity index (χ2n) is 2.58. The summed E-state index contributed by atoms with van der Waals surface area (Å²) in [5, 5.41) is 20.2. The minimum atomic E-state index is -0.905. The molecule has 1 aromatic rings. The summed E-state index contributed by atoms with van der Waals surface area (Å²) in [7, 11) is 0. The molecule has 0 fully saturated rings. The number of nitro groups is 2. The van der Waals surface area contributed by atoms with Crippen molar-refractivity contribution in [2.75, 3.05) is 5.43 Å². The lowest BCUT2D eigenvalue weighted by Gasteiger charge is -2.05. The van der Waals surface area contributed by atoms with Crippen molar-refractivity contribution in [2.24, 2.45) is 5.84 Å². The number of hydrazine groups is 1. The van der Waals surface area contributed by atoms with Crippen LogP contribution in [0.4, 0.5) is 17.1 Å². The molecule has 0 aliphatic carbocycles. The number of anilines is 1. The molecule has 0 heterocycles. The lowest BCUT2D eigenvalue weighted by molar-refractivity contribution is -0.393. The Kier molecular flexibility index (Phi) is 3.48.